The number of phenols is 2. The number of hydrogen-bond donors (Lipinski definition) is 3. The molecule has 0 atom stereocenters. The van der Waals surface area contributed by atoms with Gasteiger partial charge in [0, 0.05) is 4.90 Å². The standard InChI is InChI=1S/C20H15NO2S/c22-17-11-8-13(12-18(17)23)4-3-7-19-21-16-10-9-14-5-1-2-6-15(14)20(16)24-19/h1-12,21-23H/b4-3+,19-7-. The molecule has 0 saturated carbocycles. The molecule has 3 nitrogen and oxygen atoms in total. The van der Waals surface area contributed by atoms with Crippen LogP contribution < -0.4 is 5.32 Å². The van der Waals surface area contributed by atoms with Gasteiger partial charge in [0.25, 0.3) is 0 Å². The van der Waals surface area contributed by atoms with Crippen molar-refractivity contribution in [1.29, 1.82) is 0 Å². The third-order valence-corrected chi connectivity index (χ3v) is 4.99. The molecular formula is C20H15NO2S. The minimum absolute atomic E-state index is 0.110. The van der Waals surface area contributed by atoms with Gasteiger partial charge >= 0.3 is 0 Å². The first kappa shape index (κ1) is 14.7. The van der Waals surface area contributed by atoms with Crippen LogP contribution in [0.5, 0.6) is 11.5 Å². The van der Waals surface area contributed by atoms with Gasteiger partial charge in [-0.05, 0) is 40.6 Å². The van der Waals surface area contributed by atoms with Crippen LogP contribution in [-0.2, 0) is 0 Å². The molecule has 0 aliphatic carbocycles. The molecule has 1 heterocycles. The Balaban J connectivity index is 1.58. The second-order valence-electron chi connectivity index (χ2n) is 5.53. The summed E-state index contributed by atoms with van der Waals surface area (Å²) in [5, 5.41) is 25.8. The number of aromatic hydroxyl groups is 2. The highest BCUT2D eigenvalue weighted by molar-refractivity contribution is 8.04. The van der Waals surface area contributed by atoms with Crippen LogP contribution in [0.2, 0.25) is 0 Å². The van der Waals surface area contributed by atoms with Crippen LogP contribution in [-0.4, -0.2) is 10.2 Å². The SMILES string of the molecule is Oc1ccc(/C=C/C=C2/Nc3ccc4ccccc4c3S2)cc1O. The van der Waals surface area contributed by atoms with Gasteiger partial charge in [-0.25, -0.2) is 0 Å². The minimum Gasteiger partial charge on any atom is -0.504 e. The number of hydrogen-bond acceptors (Lipinski definition) is 4. The van der Waals surface area contributed by atoms with Crippen molar-refractivity contribution in [3.63, 3.8) is 0 Å². The van der Waals surface area contributed by atoms with Gasteiger partial charge in [0.1, 0.15) is 0 Å². The third-order valence-electron chi connectivity index (χ3n) is 3.89. The Hall–Kier alpha value is -2.85. The lowest BCUT2D eigenvalue weighted by Crippen LogP contribution is -1.87. The van der Waals surface area contributed by atoms with Gasteiger partial charge in [0.05, 0.1) is 10.7 Å². The largest absolute Gasteiger partial charge is 0.504 e. The van der Waals surface area contributed by atoms with E-state index in [1.807, 2.05) is 24.3 Å². The lowest BCUT2D eigenvalue weighted by atomic mass is 10.1. The van der Waals surface area contributed by atoms with Crippen molar-refractivity contribution in [1.82, 2.24) is 0 Å². The zero-order chi connectivity index (χ0) is 16.5. The molecule has 3 N–H and O–H groups in total. The molecule has 0 radical (unpaired) electrons. The highest BCUT2D eigenvalue weighted by Gasteiger charge is 2.17. The fourth-order valence-corrected chi connectivity index (χ4v) is 3.74. The Morgan fingerprint density at radius 1 is 0.917 bits per heavy atom. The Morgan fingerprint density at radius 2 is 1.79 bits per heavy atom. The summed E-state index contributed by atoms with van der Waals surface area (Å²) in [6.07, 6.45) is 5.81. The van der Waals surface area contributed by atoms with Gasteiger partial charge in [0.15, 0.2) is 11.5 Å². The molecule has 0 fully saturated rings. The number of nitrogens with one attached hydrogen (secondary N) is 1. The summed E-state index contributed by atoms with van der Waals surface area (Å²) in [6.45, 7) is 0. The van der Waals surface area contributed by atoms with E-state index in [1.54, 1.807) is 17.8 Å². The van der Waals surface area contributed by atoms with Gasteiger partial charge in [0.2, 0.25) is 0 Å². The fourth-order valence-electron chi connectivity index (χ4n) is 2.69. The van der Waals surface area contributed by atoms with Gasteiger partial charge in [-0.2, -0.15) is 0 Å². The Bertz CT molecular complexity index is 992. The third kappa shape index (κ3) is 2.72. The van der Waals surface area contributed by atoms with E-state index in [0.717, 1.165) is 16.3 Å². The first-order valence-electron chi connectivity index (χ1n) is 7.58. The van der Waals surface area contributed by atoms with Gasteiger partial charge < -0.3 is 15.5 Å². The Kier molecular flexibility index (Phi) is 3.67. The quantitative estimate of drug-likeness (QED) is 0.555. The summed E-state index contributed by atoms with van der Waals surface area (Å²) in [7, 11) is 0. The topological polar surface area (TPSA) is 52.5 Å². The average molecular weight is 333 g/mol. The molecule has 4 rings (SSSR count). The summed E-state index contributed by atoms with van der Waals surface area (Å²) < 4.78 is 0. The summed E-state index contributed by atoms with van der Waals surface area (Å²) in [5.74, 6) is -0.224. The van der Waals surface area contributed by atoms with Crippen LogP contribution in [0.4, 0.5) is 5.69 Å². The molecule has 24 heavy (non-hydrogen) atoms. The summed E-state index contributed by atoms with van der Waals surface area (Å²) in [6, 6.07) is 17.4. The number of fused-ring (bicyclic) bond motifs is 3. The Morgan fingerprint density at radius 3 is 2.67 bits per heavy atom. The predicted octanol–water partition coefficient (Wildman–Crippen LogP) is 5.32. The van der Waals surface area contributed by atoms with Crippen molar-refractivity contribution < 1.29 is 10.2 Å². The summed E-state index contributed by atoms with van der Waals surface area (Å²) in [4.78, 5) is 1.25. The van der Waals surface area contributed by atoms with Crippen LogP contribution in [0, 0.1) is 0 Å². The molecule has 0 amide bonds. The molecular weight excluding hydrogens is 318 g/mol. The number of allylic oxidation sites excluding steroid dienone is 2. The van der Waals surface area contributed by atoms with E-state index in [-0.39, 0.29) is 11.5 Å². The zero-order valence-corrected chi connectivity index (χ0v) is 13.5. The van der Waals surface area contributed by atoms with Crippen LogP contribution in [0.3, 0.4) is 0 Å². The first-order valence-corrected chi connectivity index (χ1v) is 8.39. The smallest absolute Gasteiger partial charge is 0.157 e. The maximum Gasteiger partial charge on any atom is 0.157 e. The van der Waals surface area contributed by atoms with Crippen LogP contribution in [0.25, 0.3) is 16.8 Å². The number of benzene rings is 3. The van der Waals surface area contributed by atoms with Gasteiger partial charge in [-0.1, -0.05) is 60.3 Å². The van der Waals surface area contributed by atoms with E-state index in [9.17, 15) is 10.2 Å². The maximum atomic E-state index is 9.51. The molecule has 4 heteroatoms. The monoisotopic (exact) mass is 333 g/mol. The van der Waals surface area contributed by atoms with E-state index >= 15 is 0 Å². The first-order chi connectivity index (χ1) is 11.7. The Labute approximate surface area is 144 Å². The number of thioether (sulfide) groups is 1. The van der Waals surface area contributed by atoms with E-state index in [2.05, 4.69) is 35.6 Å². The van der Waals surface area contributed by atoms with Gasteiger partial charge in [-0.3, -0.25) is 0 Å². The number of rotatable bonds is 2. The summed E-state index contributed by atoms with van der Waals surface area (Å²) >= 11 is 1.72. The molecule has 0 aromatic heterocycles. The van der Waals surface area contributed by atoms with Crippen molar-refractivity contribution in [3.05, 3.63) is 77.3 Å². The summed E-state index contributed by atoms with van der Waals surface area (Å²) in [5.41, 5.74) is 1.95. The molecule has 0 unspecified atom stereocenters. The molecule has 0 bridgehead atoms. The van der Waals surface area contributed by atoms with E-state index in [4.69, 9.17) is 0 Å². The lowest BCUT2D eigenvalue weighted by molar-refractivity contribution is 0.403. The highest BCUT2D eigenvalue weighted by Crippen LogP contribution is 2.45. The molecule has 3 aromatic carbocycles. The van der Waals surface area contributed by atoms with Gasteiger partial charge in [-0.15, -0.1) is 0 Å². The molecule has 0 saturated heterocycles. The van der Waals surface area contributed by atoms with E-state index in [1.165, 1.54) is 27.8 Å². The van der Waals surface area contributed by atoms with Crippen molar-refractivity contribution >= 4 is 34.3 Å². The van der Waals surface area contributed by atoms with Crippen LogP contribution in [0.1, 0.15) is 5.56 Å². The molecule has 118 valence electrons. The second-order valence-corrected chi connectivity index (χ2v) is 6.58. The molecule has 0 spiro atoms. The van der Waals surface area contributed by atoms with Crippen molar-refractivity contribution in [2.24, 2.45) is 0 Å². The number of phenolic OH excluding ortho intramolecular Hbond substituents is 2. The zero-order valence-electron chi connectivity index (χ0n) is 12.7. The normalized spacial score (nSPS) is 15.1. The minimum atomic E-state index is -0.114. The fraction of sp³-hybridized carbons (Fsp3) is 0. The maximum absolute atomic E-state index is 9.51. The highest BCUT2D eigenvalue weighted by atomic mass is 32.2. The average Bonchev–Trinajstić information content (AvgIpc) is 3.01. The van der Waals surface area contributed by atoms with E-state index in [0.29, 0.717) is 0 Å². The van der Waals surface area contributed by atoms with Crippen LogP contribution in [0.15, 0.2) is 76.7 Å². The lowest BCUT2D eigenvalue weighted by Gasteiger charge is -2.02. The molecule has 3 aromatic rings. The van der Waals surface area contributed by atoms with Crippen molar-refractivity contribution in [3.8, 4) is 11.5 Å². The van der Waals surface area contributed by atoms with Crippen molar-refractivity contribution in [2.75, 3.05) is 5.32 Å². The van der Waals surface area contributed by atoms with Crippen LogP contribution >= 0.6 is 11.8 Å². The van der Waals surface area contributed by atoms with Crippen molar-refractivity contribution in [2.45, 2.75) is 4.90 Å². The second kappa shape index (κ2) is 5.98. The van der Waals surface area contributed by atoms with E-state index < -0.39 is 0 Å². The molecule has 1 aliphatic rings. The number of anilines is 1. The molecule has 1 aliphatic heterocycles. The predicted molar refractivity (Wildman–Crippen MR) is 100 cm³/mol.